The highest BCUT2D eigenvalue weighted by molar-refractivity contribution is 7.89. The molecular formula is C40H42N2O5S. The van der Waals surface area contributed by atoms with Crippen LogP contribution in [-0.2, 0) is 39.2 Å². The Morgan fingerprint density at radius 1 is 0.708 bits per heavy atom. The summed E-state index contributed by atoms with van der Waals surface area (Å²) in [6, 6.07) is 42.8. The number of hydrogen-bond acceptors (Lipinski definition) is 6. The summed E-state index contributed by atoms with van der Waals surface area (Å²) in [4.78, 5) is 2.54. The zero-order valence-electron chi connectivity index (χ0n) is 27.3. The first kappa shape index (κ1) is 33.7. The van der Waals surface area contributed by atoms with Crippen molar-refractivity contribution in [2.75, 3.05) is 13.6 Å². The number of rotatable bonds is 12. The number of sulfonamides is 1. The predicted molar refractivity (Wildman–Crippen MR) is 188 cm³/mol. The van der Waals surface area contributed by atoms with Gasteiger partial charge in [-0.2, -0.15) is 0 Å². The fraction of sp³-hybridized carbons (Fsp3) is 0.250. The summed E-state index contributed by atoms with van der Waals surface area (Å²) in [6.07, 6.45) is -0.842. The molecule has 8 heteroatoms. The van der Waals surface area contributed by atoms with Gasteiger partial charge < -0.3 is 14.6 Å². The molecule has 0 spiro atoms. The third-order valence-corrected chi connectivity index (χ3v) is 10.3. The van der Waals surface area contributed by atoms with Gasteiger partial charge in [0.2, 0.25) is 10.0 Å². The van der Waals surface area contributed by atoms with Crippen LogP contribution in [0.2, 0.25) is 0 Å². The molecule has 5 aromatic carbocycles. The van der Waals surface area contributed by atoms with Crippen molar-refractivity contribution >= 4 is 10.0 Å². The van der Waals surface area contributed by atoms with Gasteiger partial charge in [-0.3, -0.25) is 4.90 Å². The Bertz CT molecular complexity index is 1870. The molecule has 0 amide bonds. The van der Waals surface area contributed by atoms with Crippen molar-refractivity contribution in [3.63, 3.8) is 0 Å². The third kappa shape index (κ3) is 8.28. The lowest BCUT2D eigenvalue weighted by Crippen LogP contribution is -2.43. The number of aliphatic hydroxyl groups is 1. The van der Waals surface area contributed by atoms with Crippen LogP contribution in [0.15, 0.2) is 138 Å². The predicted octanol–water partition coefficient (Wildman–Crippen LogP) is 7.25. The van der Waals surface area contributed by atoms with E-state index in [9.17, 15) is 13.5 Å². The smallest absolute Gasteiger partial charge is 0.240 e. The largest absolute Gasteiger partial charge is 0.392 e. The Hall–Kier alpha value is -4.15. The highest BCUT2D eigenvalue weighted by Crippen LogP contribution is 2.42. The number of hydrogen-bond donors (Lipinski definition) is 2. The normalized spacial score (nSPS) is 19.8. The van der Waals surface area contributed by atoms with Gasteiger partial charge in [-0.05, 0) is 58.6 Å². The minimum absolute atomic E-state index is 0.00143. The first-order valence-electron chi connectivity index (χ1n) is 16.3. The molecule has 1 fully saturated rings. The lowest BCUT2D eigenvalue weighted by Gasteiger charge is -2.42. The lowest BCUT2D eigenvalue weighted by molar-refractivity contribution is -0.276. The van der Waals surface area contributed by atoms with E-state index in [1.54, 1.807) is 30.3 Å². The lowest BCUT2D eigenvalue weighted by atomic mass is 9.90. The fourth-order valence-corrected chi connectivity index (χ4v) is 7.19. The number of ether oxygens (including phenoxy) is 2. The second kappa shape index (κ2) is 15.4. The van der Waals surface area contributed by atoms with Crippen LogP contribution < -0.4 is 4.72 Å². The summed E-state index contributed by atoms with van der Waals surface area (Å²) in [7, 11) is -1.49. The summed E-state index contributed by atoms with van der Waals surface area (Å²) < 4.78 is 41.5. The molecule has 2 N–H and O–H groups in total. The second-order valence-electron chi connectivity index (χ2n) is 12.5. The van der Waals surface area contributed by atoms with Crippen LogP contribution in [0.4, 0.5) is 0 Å². The molecular weight excluding hydrogens is 621 g/mol. The first-order valence-corrected chi connectivity index (χ1v) is 17.7. The Morgan fingerprint density at radius 2 is 1.35 bits per heavy atom. The maximum atomic E-state index is 12.7. The van der Waals surface area contributed by atoms with Gasteiger partial charge in [0.25, 0.3) is 0 Å². The average molecular weight is 663 g/mol. The number of benzene rings is 5. The second-order valence-corrected chi connectivity index (χ2v) is 14.2. The number of nitrogens with zero attached hydrogens (tertiary/aromatic N) is 1. The minimum atomic E-state index is -3.61. The van der Waals surface area contributed by atoms with Crippen LogP contribution in [-0.4, -0.2) is 38.1 Å². The molecule has 0 saturated carbocycles. The Balaban J connectivity index is 1.19. The summed E-state index contributed by atoms with van der Waals surface area (Å²) in [5.41, 5.74) is 6.94. The van der Waals surface area contributed by atoms with Gasteiger partial charge in [0.15, 0.2) is 6.29 Å². The molecule has 248 valence electrons. The summed E-state index contributed by atoms with van der Waals surface area (Å²) in [5, 5.41) is 9.58. The molecule has 7 nitrogen and oxygen atoms in total. The zero-order chi connectivity index (χ0) is 33.5. The van der Waals surface area contributed by atoms with Crippen LogP contribution in [0.5, 0.6) is 0 Å². The maximum Gasteiger partial charge on any atom is 0.240 e. The van der Waals surface area contributed by atoms with Crippen LogP contribution >= 0.6 is 0 Å². The molecule has 6 rings (SSSR count). The first-order chi connectivity index (χ1) is 23.3. The van der Waals surface area contributed by atoms with Gasteiger partial charge in [0.05, 0.1) is 23.7 Å². The van der Waals surface area contributed by atoms with Gasteiger partial charge in [-0.25, -0.2) is 13.1 Å². The van der Waals surface area contributed by atoms with Gasteiger partial charge in [-0.1, -0.05) is 122 Å². The van der Waals surface area contributed by atoms with E-state index in [4.69, 9.17) is 9.47 Å². The van der Waals surface area contributed by atoms with Gasteiger partial charge in [-0.15, -0.1) is 0 Å². The molecule has 0 unspecified atom stereocenters. The topological polar surface area (TPSA) is 88.1 Å². The summed E-state index contributed by atoms with van der Waals surface area (Å²) >= 11 is 0. The minimum Gasteiger partial charge on any atom is -0.392 e. The maximum absolute atomic E-state index is 12.7. The molecule has 1 aliphatic rings. The van der Waals surface area contributed by atoms with Crippen LogP contribution in [0.3, 0.4) is 0 Å². The van der Waals surface area contributed by atoms with Crippen molar-refractivity contribution in [1.29, 1.82) is 0 Å². The van der Waals surface area contributed by atoms with Crippen molar-refractivity contribution in [3.05, 3.63) is 161 Å². The number of aliphatic hydroxyl groups excluding tert-OH is 1. The molecule has 0 radical (unpaired) electrons. The molecule has 1 aliphatic heterocycles. The van der Waals surface area contributed by atoms with Crippen LogP contribution in [0, 0.1) is 5.92 Å². The van der Waals surface area contributed by atoms with Crippen molar-refractivity contribution in [2.24, 2.45) is 5.92 Å². The van der Waals surface area contributed by atoms with E-state index in [0.29, 0.717) is 0 Å². The quantitative estimate of drug-likeness (QED) is 0.146. The summed E-state index contributed by atoms with van der Waals surface area (Å²) in [6.45, 7) is 3.92. The van der Waals surface area contributed by atoms with Crippen molar-refractivity contribution in [3.8, 4) is 11.1 Å². The van der Waals surface area contributed by atoms with Crippen LogP contribution in [0.25, 0.3) is 11.1 Å². The van der Waals surface area contributed by atoms with E-state index in [0.717, 1.165) is 46.5 Å². The number of nitrogens with one attached hydrogen (secondary N) is 1. The molecule has 1 saturated heterocycles. The summed E-state index contributed by atoms with van der Waals surface area (Å²) in [5.74, 6) is 0.0841. The fourth-order valence-electron chi connectivity index (χ4n) is 6.15. The van der Waals surface area contributed by atoms with Crippen molar-refractivity contribution in [1.82, 2.24) is 9.62 Å². The van der Waals surface area contributed by atoms with Crippen molar-refractivity contribution < 1.29 is 23.0 Å². The van der Waals surface area contributed by atoms with E-state index in [2.05, 4.69) is 60.0 Å². The van der Waals surface area contributed by atoms with Crippen molar-refractivity contribution in [2.45, 2.75) is 50.0 Å². The highest BCUT2D eigenvalue weighted by Gasteiger charge is 2.38. The molecule has 5 aromatic rings. The Kier molecular flexibility index (Phi) is 10.8. The molecule has 48 heavy (non-hydrogen) atoms. The van der Waals surface area contributed by atoms with E-state index in [-0.39, 0.29) is 36.2 Å². The van der Waals surface area contributed by atoms with Gasteiger partial charge in [0.1, 0.15) is 0 Å². The monoisotopic (exact) mass is 662 g/mol. The van der Waals surface area contributed by atoms with Gasteiger partial charge >= 0.3 is 0 Å². The SMILES string of the molecule is C[C@H]1[C@@H](CN(C)Cc2ccccc2)O[C@@H](c2ccc(-c3cccc(CNS(=O)(=O)c4ccccc4)c3)cc2)O[C@H]1c1ccc(CO)cc1. The van der Waals surface area contributed by atoms with E-state index in [1.807, 2.05) is 66.7 Å². The number of likely N-dealkylation sites (N-methyl/N-ethyl adjacent to an activating group) is 1. The molecule has 0 aliphatic carbocycles. The average Bonchev–Trinajstić information content (AvgIpc) is 3.13. The zero-order valence-corrected chi connectivity index (χ0v) is 28.1. The Morgan fingerprint density at radius 3 is 2.04 bits per heavy atom. The highest BCUT2D eigenvalue weighted by atomic mass is 32.2. The molecule has 0 aromatic heterocycles. The van der Waals surface area contributed by atoms with E-state index in [1.165, 1.54) is 5.56 Å². The third-order valence-electron chi connectivity index (χ3n) is 8.87. The Labute approximate surface area is 283 Å². The van der Waals surface area contributed by atoms with E-state index < -0.39 is 16.3 Å². The molecule has 4 atom stereocenters. The van der Waals surface area contributed by atoms with E-state index >= 15 is 0 Å². The molecule has 0 bridgehead atoms. The standard InChI is InChI=1S/C40H42N2O5S/c1-29-38(27-42(2)26-30-10-5-3-6-11-30)46-40(47-39(29)34-18-16-31(28-43)17-19-34)35-22-20-33(21-23-35)36-13-9-12-32(24-36)25-41-48(44,45)37-14-7-4-8-15-37/h3-24,29,38-41,43H,25-28H2,1-2H3/t29-,38+,39+,40+/m0/s1. The van der Waals surface area contributed by atoms with Crippen LogP contribution in [0.1, 0.15) is 47.1 Å². The molecule has 1 heterocycles. The van der Waals surface area contributed by atoms with Gasteiger partial charge in [0, 0.05) is 31.1 Å².